The van der Waals surface area contributed by atoms with Crippen LogP contribution < -0.4 is 45.0 Å². The molecule has 0 aliphatic heterocycles. The van der Waals surface area contributed by atoms with Crippen LogP contribution in [-0.4, -0.2) is 92.6 Å². The number of allylic oxidation sites excluding steroid dienone is 4. The fraction of sp³-hybridized carbons (Fsp3) is 0.476. The van der Waals surface area contributed by atoms with Crippen molar-refractivity contribution in [1.29, 1.82) is 0 Å². The van der Waals surface area contributed by atoms with Crippen LogP contribution in [0.1, 0.15) is 44.4 Å². The van der Waals surface area contributed by atoms with Gasteiger partial charge in [0, 0.05) is 124 Å². The van der Waals surface area contributed by atoms with Gasteiger partial charge in [-0.3, -0.25) is 0 Å². The molecule has 49 heavy (non-hydrogen) atoms. The standard InChI is InChI=1S/C42H64N6Si/c1-27-20-39(36(46(14)15)23-33(27)43(8)9)49(42(7)26-30(4)31(5)32(42)6,40-21-28(2)34(44(10)11)24-37(40)47(16)17)41-22-29(3)35(45(12)13)25-38(41)48(18)19/h20-26H,1-19H3. The Morgan fingerprint density at radius 2 is 0.673 bits per heavy atom. The maximum absolute atomic E-state index is 3.17. The summed E-state index contributed by atoms with van der Waals surface area (Å²) < 4.78 is 0. The lowest BCUT2D eigenvalue weighted by molar-refractivity contribution is 0.869. The van der Waals surface area contributed by atoms with Gasteiger partial charge in [-0.25, -0.2) is 0 Å². The molecule has 0 saturated heterocycles. The van der Waals surface area contributed by atoms with Crippen molar-refractivity contribution >= 4 is 57.8 Å². The Kier molecular flexibility index (Phi) is 10.4. The normalized spacial score (nSPS) is 16.2. The molecule has 1 aliphatic carbocycles. The quantitative estimate of drug-likeness (QED) is 0.178. The fourth-order valence-electron chi connectivity index (χ4n) is 8.51. The second kappa shape index (κ2) is 13.5. The highest BCUT2D eigenvalue weighted by molar-refractivity contribution is 7.16. The molecule has 0 radical (unpaired) electrons. The lowest BCUT2D eigenvalue weighted by Crippen LogP contribution is -2.74. The van der Waals surface area contributed by atoms with E-state index < -0.39 is 8.07 Å². The SMILES string of the molecule is CC1=CC(C)([Si](c2cc(C)c(N(C)C)cc2N(C)C)(c2cc(C)c(N(C)C)cc2N(C)C)c2cc(C)c(N(C)C)cc2N(C)C)C(C)=C1C. The minimum Gasteiger partial charge on any atom is -0.378 e. The van der Waals surface area contributed by atoms with Gasteiger partial charge in [0.1, 0.15) is 0 Å². The van der Waals surface area contributed by atoms with E-state index in [0.717, 1.165) is 0 Å². The first-order valence-electron chi connectivity index (χ1n) is 17.5. The average molecular weight is 681 g/mol. The topological polar surface area (TPSA) is 19.4 Å². The van der Waals surface area contributed by atoms with Crippen LogP contribution in [0.2, 0.25) is 5.04 Å². The van der Waals surface area contributed by atoms with Gasteiger partial charge in [0.25, 0.3) is 0 Å². The van der Waals surface area contributed by atoms with Crippen LogP contribution in [0.5, 0.6) is 0 Å². The molecule has 1 atom stereocenters. The van der Waals surface area contributed by atoms with Crippen LogP contribution in [0, 0.1) is 20.8 Å². The van der Waals surface area contributed by atoms with Gasteiger partial charge in [-0.05, 0) is 97.6 Å². The van der Waals surface area contributed by atoms with Gasteiger partial charge in [-0.15, -0.1) is 0 Å². The molecule has 4 rings (SSSR count). The Morgan fingerprint density at radius 1 is 0.408 bits per heavy atom. The second-order valence-electron chi connectivity index (χ2n) is 15.9. The minimum atomic E-state index is -3.17. The average Bonchev–Trinajstić information content (AvgIpc) is 3.19. The predicted molar refractivity (Wildman–Crippen MR) is 225 cm³/mol. The molecule has 3 aromatic rings. The number of benzene rings is 3. The third kappa shape index (κ3) is 6.02. The minimum absolute atomic E-state index is 0.286. The van der Waals surface area contributed by atoms with E-state index in [1.54, 1.807) is 0 Å². The Labute approximate surface area is 300 Å². The van der Waals surface area contributed by atoms with Gasteiger partial charge in [0.15, 0.2) is 8.07 Å². The smallest absolute Gasteiger partial charge is 0.169 e. The molecule has 0 spiro atoms. The third-order valence-corrected chi connectivity index (χ3v) is 17.0. The maximum Gasteiger partial charge on any atom is 0.169 e. The molecule has 1 unspecified atom stereocenters. The zero-order chi connectivity index (χ0) is 37.1. The van der Waals surface area contributed by atoms with Crippen molar-refractivity contribution in [2.24, 2.45) is 0 Å². The van der Waals surface area contributed by atoms with Crippen LogP contribution in [0.25, 0.3) is 0 Å². The predicted octanol–water partition coefficient (Wildman–Crippen LogP) is 6.53. The van der Waals surface area contributed by atoms with E-state index in [4.69, 9.17) is 0 Å². The molecule has 3 aromatic carbocycles. The summed E-state index contributed by atoms with van der Waals surface area (Å²) in [6, 6.07) is 15.0. The Hall–Kier alpha value is -3.84. The zero-order valence-electron chi connectivity index (χ0n) is 34.2. The molecular formula is C42H64N6Si. The molecule has 1 aliphatic rings. The highest BCUT2D eigenvalue weighted by Gasteiger charge is 2.59. The number of rotatable bonds is 10. The van der Waals surface area contributed by atoms with Crippen LogP contribution in [0.4, 0.5) is 34.1 Å². The van der Waals surface area contributed by atoms with Crippen LogP contribution in [0.3, 0.4) is 0 Å². The highest BCUT2D eigenvalue weighted by atomic mass is 28.3. The number of aryl methyl sites for hydroxylation is 3. The largest absolute Gasteiger partial charge is 0.378 e. The lowest BCUT2D eigenvalue weighted by atomic mass is 10.0. The van der Waals surface area contributed by atoms with Gasteiger partial charge < -0.3 is 29.4 Å². The summed E-state index contributed by atoms with van der Waals surface area (Å²) in [7, 11) is 23.1. The Bertz CT molecular complexity index is 1640. The summed E-state index contributed by atoms with van der Waals surface area (Å²) in [6.45, 7) is 16.5. The Balaban J connectivity index is 2.54. The van der Waals surface area contributed by atoms with Crippen LogP contribution in [-0.2, 0) is 0 Å². The zero-order valence-corrected chi connectivity index (χ0v) is 35.2. The van der Waals surface area contributed by atoms with Gasteiger partial charge in [-0.2, -0.15) is 0 Å². The van der Waals surface area contributed by atoms with E-state index in [1.807, 2.05) is 0 Å². The fourth-order valence-corrected chi connectivity index (χ4v) is 15.6. The van der Waals surface area contributed by atoms with E-state index in [1.165, 1.54) is 83.1 Å². The van der Waals surface area contributed by atoms with E-state index in [0.29, 0.717) is 0 Å². The number of anilines is 6. The summed E-state index contributed by atoms with van der Waals surface area (Å²) in [5.41, 5.74) is 15.7. The van der Waals surface area contributed by atoms with Gasteiger partial charge >= 0.3 is 0 Å². The molecule has 0 aromatic heterocycles. The van der Waals surface area contributed by atoms with Gasteiger partial charge in [-0.1, -0.05) is 42.3 Å². The number of hydrogen-bond donors (Lipinski definition) is 0. The van der Waals surface area contributed by atoms with E-state index in [2.05, 4.69) is 205 Å². The Morgan fingerprint density at radius 3 is 0.878 bits per heavy atom. The molecule has 0 saturated carbocycles. The molecule has 0 heterocycles. The van der Waals surface area contributed by atoms with Crippen molar-refractivity contribution in [1.82, 2.24) is 0 Å². The molecule has 0 N–H and O–H groups in total. The van der Waals surface area contributed by atoms with Crippen molar-refractivity contribution in [2.45, 2.75) is 53.5 Å². The van der Waals surface area contributed by atoms with Crippen molar-refractivity contribution in [3.63, 3.8) is 0 Å². The molecule has 6 nitrogen and oxygen atoms in total. The first-order chi connectivity index (χ1) is 22.6. The van der Waals surface area contributed by atoms with Crippen molar-refractivity contribution in [3.05, 3.63) is 75.9 Å². The lowest BCUT2D eigenvalue weighted by Gasteiger charge is -2.51. The second-order valence-corrected chi connectivity index (χ2v) is 20.0. The van der Waals surface area contributed by atoms with E-state index in [9.17, 15) is 0 Å². The molecule has 0 amide bonds. The van der Waals surface area contributed by atoms with Crippen molar-refractivity contribution in [2.75, 3.05) is 114 Å². The van der Waals surface area contributed by atoms with Crippen LogP contribution >= 0.6 is 0 Å². The van der Waals surface area contributed by atoms with Gasteiger partial charge in [0.05, 0.1) is 0 Å². The highest BCUT2D eigenvalue weighted by Crippen LogP contribution is 2.55. The summed E-state index contributed by atoms with van der Waals surface area (Å²) >= 11 is 0. The molecule has 7 heteroatoms. The van der Waals surface area contributed by atoms with Gasteiger partial charge in [0.2, 0.25) is 0 Å². The summed E-state index contributed by atoms with van der Waals surface area (Å²) in [5.74, 6) is 0. The molecule has 0 fully saturated rings. The number of nitrogens with zero attached hydrogens (tertiary/aromatic N) is 6. The molecular weight excluding hydrogens is 617 g/mol. The molecule has 0 bridgehead atoms. The van der Waals surface area contributed by atoms with E-state index >= 15 is 0 Å². The van der Waals surface area contributed by atoms with Crippen LogP contribution in [0.15, 0.2) is 59.2 Å². The van der Waals surface area contributed by atoms with E-state index in [-0.39, 0.29) is 5.04 Å². The monoisotopic (exact) mass is 680 g/mol. The third-order valence-electron chi connectivity index (χ3n) is 11.3. The van der Waals surface area contributed by atoms with Crippen molar-refractivity contribution < 1.29 is 0 Å². The summed E-state index contributed by atoms with van der Waals surface area (Å²) in [6.07, 6.45) is 2.64. The maximum atomic E-state index is 2.64. The summed E-state index contributed by atoms with van der Waals surface area (Å²) in [5, 5.41) is 4.05. The first-order valence-corrected chi connectivity index (χ1v) is 19.5. The first kappa shape index (κ1) is 38.0. The van der Waals surface area contributed by atoms with Crippen molar-refractivity contribution in [3.8, 4) is 0 Å². The molecule has 266 valence electrons. The summed E-state index contributed by atoms with van der Waals surface area (Å²) in [4.78, 5) is 13.9. The number of hydrogen-bond acceptors (Lipinski definition) is 6.